The summed E-state index contributed by atoms with van der Waals surface area (Å²) in [7, 11) is 2.96. The standard InChI is InChI=1S/C30H34FN5O4/c1-6-30(2,3)32-29(38)27(21-13-11-17-25(39-4)28(21)40-5)35(18-20-12-7-8-14-22(20)31)26(37)19-36-24-16-10-9-15-23(24)33-34-36/h7-17,27H,6,18-19H2,1-5H3,(H,32,38)/t27-/m1/s1. The molecular weight excluding hydrogens is 513 g/mol. The minimum Gasteiger partial charge on any atom is -0.493 e. The first-order valence-electron chi connectivity index (χ1n) is 13.0. The van der Waals surface area contributed by atoms with Crippen molar-refractivity contribution < 1.29 is 23.5 Å². The Kier molecular flexibility index (Phi) is 8.67. The van der Waals surface area contributed by atoms with E-state index in [0.29, 0.717) is 34.5 Å². The highest BCUT2D eigenvalue weighted by Gasteiger charge is 2.37. The van der Waals surface area contributed by atoms with E-state index >= 15 is 0 Å². The van der Waals surface area contributed by atoms with Crippen molar-refractivity contribution in [3.05, 3.63) is 83.7 Å². The van der Waals surface area contributed by atoms with Crippen molar-refractivity contribution in [3.8, 4) is 11.5 Å². The molecule has 0 aliphatic heterocycles. The highest BCUT2D eigenvalue weighted by atomic mass is 19.1. The highest BCUT2D eigenvalue weighted by Crippen LogP contribution is 2.38. The number of para-hydroxylation sites is 2. The predicted molar refractivity (Wildman–Crippen MR) is 149 cm³/mol. The SMILES string of the molecule is CCC(C)(C)NC(=O)[C@@H](c1cccc(OC)c1OC)N(Cc1ccccc1F)C(=O)Cn1nnc2ccccc21. The van der Waals surface area contributed by atoms with Gasteiger partial charge in [-0.05, 0) is 44.5 Å². The van der Waals surface area contributed by atoms with Crippen LogP contribution < -0.4 is 14.8 Å². The van der Waals surface area contributed by atoms with E-state index in [1.807, 2.05) is 39.0 Å². The third-order valence-corrected chi connectivity index (χ3v) is 6.96. The van der Waals surface area contributed by atoms with Gasteiger partial charge in [-0.25, -0.2) is 9.07 Å². The summed E-state index contributed by atoms with van der Waals surface area (Å²) in [5, 5.41) is 11.4. The van der Waals surface area contributed by atoms with Crippen molar-refractivity contribution in [1.82, 2.24) is 25.2 Å². The van der Waals surface area contributed by atoms with Crippen molar-refractivity contribution >= 4 is 22.8 Å². The number of rotatable bonds is 11. The summed E-state index contributed by atoms with van der Waals surface area (Å²) in [5.41, 5.74) is 1.38. The fourth-order valence-corrected chi connectivity index (χ4v) is 4.45. The van der Waals surface area contributed by atoms with E-state index in [1.165, 1.54) is 29.9 Å². The Balaban J connectivity index is 1.87. The van der Waals surface area contributed by atoms with E-state index in [9.17, 15) is 14.0 Å². The van der Waals surface area contributed by atoms with Crippen molar-refractivity contribution in [3.63, 3.8) is 0 Å². The number of hydrogen-bond donors (Lipinski definition) is 1. The first-order chi connectivity index (χ1) is 19.2. The number of benzene rings is 3. The van der Waals surface area contributed by atoms with Gasteiger partial charge < -0.3 is 19.7 Å². The van der Waals surface area contributed by atoms with Gasteiger partial charge in [0.05, 0.1) is 19.7 Å². The molecule has 0 aliphatic rings. The number of nitrogens with zero attached hydrogens (tertiary/aromatic N) is 4. The van der Waals surface area contributed by atoms with E-state index < -0.39 is 29.2 Å². The van der Waals surface area contributed by atoms with Crippen LogP contribution in [0.5, 0.6) is 11.5 Å². The lowest BCUT2D eigenvalue weighted by Gasteiger charge is -2.35. The monoisotopic (exact) mass is 547 g/mol. The number of aromatic nitrogens is 3. The number of amides is 2. The van der Waals surface area contributed by atoms with Gasteiger partial charge in [-0.3, -0.25) is 9.59 Å². The number of halogens is 1. The average Bonchev–Trinajstić information content (AvgIpc) is 3.35. The quantitative estimate of drug-likeness (QED) is 0.293. The molecule has 1 atom stereocenters. The van der Waals surface area contributed by atoms with Crippen LogP contribution in [0, 0.1) is 5.82 Å². The molecule has 4 rings (SSSR count). The lowest BCUT2D eigenvalue weighted by atomic mass is 9.97. The molecule has 9 nitrogen and oxygen atoms in total. The molecule has 210 valence electrons. The first-order valence-corrected chi connectivity index (χ1v) is 13.0. The van der Waals surface area contributed by atoms with Crippen LogP contribution in [0.3, 0.4) is 0 Å². The van der Waals surface area contributed by atoms with Crippen LogP contribution in [-0.4, -0.2) is 51.5 Å². The number of carbonyl (C=O) groups is 2. The van der Waals surface area contributed by atoms with Crippen LogP contribution in [-0.2, 0) is 22.7 Å². The van der Waals surface area contributed by atoms with E-state index in [1.54, 1.807) is 42.5 Å². The number of ether oxygens (including phenoxy) is 2. The predicted octanol–water partition coefficient (Wildman–Crippen LogP) is 4.66. The topological polar surface area (TPSA) is 98.6 Å². The molecule has 0 radical (unpaired) electrons. The maximum atomic E-state index is 14.9. The number of methoxy groups -OCH3 is 2. The lowest BCUT2D eigenvalue weighted by molar-refractivity contribution is -0.143. The van der Waals surface area contributed by atoms with Gasteiger partial charge in [0.15, 0.2) is 11.5 Å². The third kappa shape index (κ3) is 6.06. The Morgan fingerprint density at radius 3 is 2.45 bits per heavy atom. The second-order valence-corrected chi connectivity index (χ2v) is 10.1. The first kappa shape index (κ1) is 28.5. The molecule has 10 heteroatoms. The zero-order valence-electron chi connectivity index (χ0n) is 23.3. The van der Waals surface area contributed by atoms with Crippen LogP contribution >= 0.6 is 0 Å². The number of fused-ring (bicyclic) bond motifs is 1. The summed E-state index contributed by atoms with van der Waals surface area (Å²) < 4.78 is 27.6. The summed E-state index contributed by atoms with van der Waals surface area (Å²) in [4.78, 5) is 29.6. The van der Waals surface area contributed by atoms with Crippen LogP contribution in [0.4, 0.5) is 4.39 Å². The van der Waals surface area contributed by atoms with Crippen LogP contribution in [0.2, 0.25) is 0 Å². The summed E-state index contributed by atoms with van der Waals surface area (Å²) in [6.07, 6.45) is 0.646. The van der Waals surface area contributed by atoms with Crippen molar-refractivity contribution in [2.24, 2.45) is 0 Å². The number of hydrogen-bond acceptors (Lipinski definition) is 6. The zero-order chi connectivity index (χ0) is 28.9. The van der Waals surface area contributed by atoms with Crippen molar-refractivity contribution in [2.75, 3.05) is 14.2 Å². The molecule has 0 spiro atoms. The Morgan fingerprint density at radius 1 is 1.02 bits per heavy atom. The summed E-state index contributed by atoms with van der Waals surface area (Å²) in [5.74, 6) is -0.688. The highest BCUT2D eigenvalue weighted by molar-refractivity contribution is 5.90. The third-order valence-electron chi connectivity index (χ3n) is 6.96. The van der Waals surface area contributed by atoms with Gasteiger partial charge in [0.1, 0.15) is 23.9 Å². The van der Waals surface area contributed by atoms with E-state index in [2.05, 4.69) is 15.6 Å². The Hall–Kier alpha value is -4.47. The van der Waals surface area contributed by atoms with Gasteiger partial charge in [-0.1, -0.05) is 54.6 Å². The molecule has 0 aliphatic carbocycles. The molecule has 2 amide bonds. The maximum Gasteiger partial charge on any atom is 0.248 e. The number of nitrogens with one attached hydrogen (secondary N) is 1. The molecule has 0 fully saturated rings. The Labute approximate surface area is 232 Å². The molecule has 3 aromatic carbocycles. The lowest BCUT2D eigenvalue weighted by Crippen LogP contribution is -2.50. The molecule has 1 aromatic heterocycles. The second kappa shape index (κ2) is 12.1. The summed E-state index contributed by atoms with van der Waals surface area (Å²) >= 11 is 0. The zero-order valence-corrected chi connectivity index (χ0v) is 23.3. The average molecular weight is 548 g/mol. The molecule has 0 saturated carbocycles. The largest absolute Gasteiger partial charge is 0.493 e. The Morgan fingerprint density at radius 2 is 1.75 bits per heavy atom. The van der Waals surface area contributed by atoms with Crippen molar-refractivity contribution in [1.29, 1.82) is 0 Å². The van der Waals surface area contributed by atoms with Gasteiger partial charge in [-0.15, -0.1) is 5.10 Å². The fraction of sp³-hybridized carbons (Fsp3) is 0.333. The van der Waals surface area contributed by atoms with Gasteiger partial charge >= 0.3 is 0 Å². The van der Waals surface area contributed by atoms with Gasteiger partial charge in [0.2, 0.25) is 11.8 Å². The molecule has 0 unspecified atom stereocenters. The Bertz CT molecular complexity index is 1500. The van der Waals surface area contributed by atoms with Crippen LogP contribution in [0.15, 0.2) is 66.7 Å². The van der Waals surface area contributed by atoms with E-state index in [-0.39, 0.29) is 18.7 Å². The number of carbonyl (C=O) groups excluding carboxylic acids is 2. The van der Waals surface area contributed by atoms with Crippen LogP contribution in [0.25, 0.3) is 11.0 Å². The van der Waals surface area contributed by atoms with E-state index in [4.69, 9.17) is 9.47 Å². The normalized spacial score (nSPS) is 12.2. The van der Waals surface area contributed by atoms with Gasteiger partial charge in [-0.2, -0.15) is 0 Å². The molecule has 0 saturated heterocycles. The summed E-state index contributed by atoms with van der Waals surface area (Å²) in [6, 6.07) is 17.4. The molecule has 1 heterocycles. The molecule has 0 bridgehead atoms. The molecule has 1 N–H and O–H groups in total. The molecule has 40 heavy (non-hydrogen) atoms. The smallest absolute Gasteiger partial charge is 0.248 e. The van der Waals surface area contributed by atoms with Gasteiger partial charge in [0.25, 0.3) is 0 Å². The maximum absolute atomic E-state index is 14.9. The second-order valence-electron chi connectivity index (χ2n) is 10.1. The fourth-order valence-electron chi connectivity index (χ4n) is 4.45. The van der Waals surface area contributed by atoms with E-state index in [0.717, 1.165) is 0 Å². The molecule has 4 aromatic rings. The summed E-state index contributed by atoms with van der Waals surface area (Å²) in [6.45, 7) is 5.36. The van der Waals surface area contributed by atoms with Crippen LogP contribution in [0.1, 0.15) is 44.4 Å². The minimum absolute atomic E-state index is 0.177. The molecular formula is C30H34FN5O4. The van der Waals surface area contributed by atoms with Crippen molar-refractivity contribution in [2.45, 2.75) is 51.9 Å². The van der Waals surface area contributed by atoms with Gasteiger partial charge in [0, 0.05) is 23.2 Å². The minimum atomic E-state index is -1.18.